The van der Waals surface area contributed by atoms with Crippen molar-refractivity contribution in [1.82, 2.24) is 4.90 Å². The third-order valence-corrected chi connectivity index (χ3v) is 2.63. The summed E-state index contributed by atoms with van der Waals surface area (Å²) < 4.78 is 5.21. The molecule has 0 aromatic heterocycles. The van der Waals surface area contributed by atoms with E-state index in [0.29, 0.717) is 37.8 Å². The van der Waals surface area contributed by atoms with E-state index < -0.39 is 5.97 Å². The number of carboxylic acid groups (broad SMARTS) is 1. The quantitative estimate of drug-likeness (QED) is 0.751. The van der Waals surface area contributed by atoms with Crippen molar-refractivity contribution in [2.24, 2.45) is 4.99 Å². The molecule has 1 N–H and O–H groups in total. The van der Waals surface area contributed by atoms with E-state index in [1.165, 1.54) is 6.08 Å². The van der Waals surface area contributed by atoms with Crippen molar-refractivity contribution in [1.29, 1.82) is 0 Å². The van der Waals surface area contributed by atoms with Gasteiger partial charge in [0.15, 0.2) is 5.78 Å². The van der Waals surface area contributed by atoms with Crippen molar-refractivity contribution in [3.8, 4) is 0 Å². The molecule has 0 saturated carbocycles. The molecule has 0 bridgehead atoms. The van der Waals surface area contributed by atoms with E-state index in [9.17, 15) is 9.59 Å². The van der Waals surface area contributed by atoms with Gasteiger partial charge < -0.3 is 14.7 Å². The van der Waals surface area contributed by atoms with Crippen LogP contribution in [0.2, 0.25) is 0 Å². The van der Waals surface area contributed by atoms with Crippen LogP contribution in [-0.4, -0.2) is 53.8 Å². The number of carbonyl (C=O) groups excluding carboxylic acids is 1. The van der Waals surface area contributed by atoms with E-state index in [4.69, 9.17) is 9.84 Å². The number of hydrogen-bond donors (Lipinski definition) is 1. The van der Waals surface area contributed by atoms with Crippen LogP contribution >= 0.6 is 0 Å². The smallest absolute Gasteiger partial charge is 0.309 e. The summed E-state index contributed by atoms with van der Waals surface area (Å²) >= 11 is 0. The van der Waals surface area contributed by atoms with E-state index in [0.717, 1.165) is 0 Å². The first-order chi connectivity index (χ1) is 8.15. The molecule has 0 aromatic rings. The summed E-state index contributed by atoms with van der Waals surface area (Å²) in [6.45, 7) is 2.58. The SMILES string of the molecule is O=C(O)CC1=NC(N2CCOCC2)=CC(=O)C1. The number of morpholine rings is 1. The molecule has 2 heterocycles. The molecule has 92 valence electrons. The Labute approximate surface area is 98.6 Å². The molecule has 6 heteroatoms. The molecule has 6 nitrogen and oxygen atoms in total. The Bertz CT molecular complexity index is 394. The number of hydrogen-bond acceptors (Lipinski definition) is 5. The summed E-state index contributed by atoms with van der Waals surface area (Å²) in [5.74, 6) is -0.474. The standard InChI is InChI=1S/C11H14N2O4/c14-9-5-8(6-11(15)16)12-10(7-9)13-1-3-17-4-2-13/h7H,1-6H2,(H,15,16). The Morgan fingerprint density at radius 1 is 1.47 bits per heavy atom. The lowest BCUT2D eigenvalue weighted by atomic mass is 10.1. The van der Waals surface area contributed by atoms with Gasteiger partial charge in [0.1, 0.15) is 5.82 Å². The zero-order chi connectivity index (χ0) is 12.3. The Hall–Kier alpha value is -1.69. The molecule has 0 radical (unpaired) electrons. The summed E-state index contributed by atoms with van der Waals surface area (Å²) in [7, 11) is 0. The van der Waals surface area contributed by atoms with Gasteiger partial charge in [-0.15, -0.1) is 0 Å². The highest BCUT2D eigenvalue weighted by Crippen LogP contribution is 2.16. The fraction of sp³-hybridized carbons (Fsp3) is 0.545. The van der Waals surface area contributed by atoms with Crippen LogP contribution in [0.1, 0.15) is 12.8 Å². The number of aliphatic imine (C=N–C) groups is 1. The molecule has 0 aromatic carbocycles. The highest BCUT2D eigenvalue weighted by Gasteiger charge is 2.21. The van der Waals surface area contributed by atoms with Crippen LogP contribution in [0.3, 0.4) is 0 Å². The fourth-order valence-corrected chi connectivity index (χ4v) is 1.86. The molecular formula is C11H14N2O4. The average molecular weight is 238 g/mol. The van der Waals surface area contributed by atoms with Crippen molar-refractivity contribution in [3.05, 3.63) is 11.9 Å². The van der Waals surface area contributed by atoms with Gasteiger partial charge in [0.25, 0.3) is 0 Å². The number of aliphatic carboxylic acids is 1. The predicted molar refractivity (Wildman–Crippen MR) is 59.8 cm³/mol. The maximum atomic E-state index is 11.5. The topological polar surface area (TPSA) is 79.2 Å². The van der Waals surface area contributed by atoms with Crippen molar-refractivity contribution in [2.45, 2.75) is 12.8 Å². The molecule has 0 unspecified atom stereocenters. The van der Waals surface area contributed by atoms with E-state index in [1.807, 2.05) is 4.90 Å². The predicted octanol–water partition coefficient (Wildman–Crippen LogP) is 0.0485. The lowest BCUT2D eigenvalue weighted by molar-refractivity contribution is -0.135. The minimum absolute atomic E-state index is 0.0854. The fourth-order valence-electron chi connectivity index (χ4n) is 1.86. The zero-order valence-corrected chi connectivity index (χ0v) is 9.39. The van der Waals surface area contributed by atoms with Crippen LogP contribution in [-0.2, 0) is 14.3 Å². The third-order valence-electron chi connectivity index (χ3n) is 2.63. The molecule has 1 saturated heterocycles. The number of allylic oxidation sites excluding steroid dienone is 1. The van der Waals surface area contributed by atoms with E-state index in [2.05, 4.69) is 4.99 Å². The molecule has 0 aliphatic carbocycles. The van der Waals surface area contributed by atoms with Crippen molar-refractivity contribution >= 4 is 17.5 Å². The van der Waals surface area contributed by atoms with Gasteiger partial charge in [-0.1, -0.05) is 0 Å². The lowest BCUT2D eigenvalue weighted by Crippen LogP contribution is -2.36. The molecule has 2 rings (SSSR count). The normalized spacial score (nSPS) is 20.9. The van der Waals surface area contributed by atoms with Gasteiger partial charge in [0.2, 0.25) is 0 Å². The molecule has 1 fully saturated rings. The highest BCUT2D eigenvalue weighted by molar-refractivity contribution is 6.13. The number of rotatable bonds is 3. The molecule has 2 aliphatic rings. The summed E-state index contributed by atoms with van der Waals surface area (Å²) in [6, 6.07) is 0. The second-order valence-electron chi connectivity index (χ2n) is 3.99. The number of ether oxygens (including phenoxy) is 1. The average Bonchev–Trinajstić information content (AvgIpc) is 2.28. The van der Waals surface area contributed by atoms with Crippen molar-refractivity contribution < 1.29 is 19.4 Å². The monoisotopic (exact) mass is 238 g/mol. The third kappa shape index (κ3) is 3.13. The van der Waals surface area contributed by atoms with Gasteiger partial charge >= 0.3 is 5.97 Å². The van der Waals surface area contributed by atoms with Gasteiger partial charge in [0.05, 0.1) is 19.6 Å². The molecule has 0 amide bonds. The van der Waals surface area contributed by atoms with Crippen molar-refractivity contribution in [2.75, 3.05) is 26.3 Å². The van der Waals surface area contributed by atoms with Crippen LogP contribution in [0, 0.1) is 0 Å². The Kier molecular flexibility index (Phi) is 3.53. The number of nitrogens with zero attached hydrogens (tertiary/aromatic N) is 2. The minimum atomic E-state index is -0.959. The first-order valence-corrected chi connectivity index (χ1v) is 5.50. The maximum absolute atomic E-state index is 11.5. The maximum Gasteiger partial charge on any atom is 0.309 e. The Balaban J connectivity index is 2.11. The van der Waals surface area contributed by atoms with Crippen molar-refractivity contribution in [3.63, 3.8) is 0 Å². The second kappa shape index (κ2) is 5.09. The van der Waals surface area contributed by atoms with Crippen LogP contribution in [0.4, 0.5) is 0 Å². The van der Waals surface area contributed by atoms with E-state index in [-0.39, 0.29) is 18.6 Å². The van der Waals surface area contributed by atoms with Crippen LogP contribution < -0.4 is 0 Å². The van der Waals surface area contributed by atoms with E-state index in [1.54, 1.807) is 0 Å². The van der Waals surface area contributed by atoms with Crippen LogP contribution in [0.15, 0.2) is 16.9 Å². The molecular weight excluding hydrogens is 224 g/mol. The first-order valence-electron chi connectivity index (χ1n) is 5.50. The molecule has 2 aliphatic heterocycles. The highest BCUT2D eigenvalue weighted by atomic mass is 16.5. The van der Waals surface area contributed by atoms with Gasteiger partial charge in [-0.3, -0.25) is 9.59 Å². The van der Waals surface area contributed by atoms with Gasteiger partial charge in [0, 0.05) is 31.3 Å². The zero-order valence-electron chi connectivity index (χ0n) is 9.39. The first kappa shape index (κ1) is 11.8. The number of carboxylic acids is 1. The molecule has 17 heavy (non-hydrogen) atoms. The Morgan fingerprint density at radius 3 is 2.82 bits per heavy atom. The van der Waals surface area contributed by atoms with Crippen LogP contribution in [0.5, 0.6) is 0 Å². The molecule has 0 atom stereocenters. The number of ketones is 1. The second-order valence-corrected chi connectivity index (χ2v) is 3.99. The van der Waals surface area contributed by atoms with Gasteiger partial charge in [-0.05, 0) is 0 Å². The van der Waals surface area contributed by atoms with Crippen LogP contribution in [0.25, 0.3) is 0 Å². The summed E-state index contributed by atoms with van der Waals surface area (Å²) in [5, 5.41) is 8.70. The van der Waals surface area contributed by atoms with E-state index >= 15 is 0 Å². The van der Waals surface area contributed by atoms with Gasteiger partial charge in [-0.25, -0.2) is 4.99 Å². The minimum Gasteiger partial charge on any atom is -0.481 e. The summed E-state index contributed by atoms with van der Waals surface area (Å²) in [4.78, 5) is 28.3. The summed E-state index contributed by atoms with van der Waals surface area (Å²) in [6.07, 6.45) is 1.42. The lowest BCUT2D eigenvalue weighted by Gasteiger charge is -2.30. The molecule has 0 spiro atoms. The van der Waals surface area contributed by atoms with Gasteiger partial charge in [-0.2, -0.15) is 0 Å². The number of carbonyl (C=O) groups is 2. The summed E-state index contributed by atoms with van der Waals surface area (Å²) in [5.41, 5.74) is 0.423. The Morgan fingerprint density at radius 2 is 2.18 bits per heavy atom. The largest absolute Gasteiger partial charge is 0.481 e.